The summed E-state index contributed by atoms with van der Waals surface area (Å²) in [4.78, 5) is 2.55. The van der Waals surface area contributed by atoms with Gasteiger partial charge in [0.1, 0.15) is 0 Å². The van der Waals surface area contributed by atoms with E-state index in [1.807, 2.05) is 7.05 Å². The van der Waals surface area contributed by atoms with Crippen molar-refractivity contribution in [3.63, 3.8) is 0 Å². The summed E-state index contributed by atoms with van der Waals surface area (Å²) in [5.41, 5.74) is 2.98. The standard InChI is InChI=1S/C17H29BN2O2/c1-19-17(8-4-5-11-18(21)22)10-13-20-12-9-15-6-2-3-7-16(15)14-20/h2-3,6-7,17,19,21-22H,4-5,8-14H2,1H3. The maximum absolute atomic E-state index is 8.86. The Hall–Kier alpha value is -0.875. The first-order valence-electron chi connectivity index (χ1n) is 8.51. The van der Waals surface area contributed by atoms with Gasteiger partial charge in [0.25, 0.3) is 0 Å². The van der Waals surface area contributed by atoms with Crippen molar-refractivity contribution in [2.75, 3.05) is 20.1 Å². The molecule has 4 nitrogen and oxygen atoms in total. The van der Waals surface area contributed by atoms with Gasteiger partial charge in [-0.2, -0.15) is 0 Å². The van der Waals surface area contributed by atoms with Gasteiger partial charge in [0.15, 0.2) is 0 Å². The van der Waals surface area contributed by atoms with Crippen molar-refractivity contribution in [3.05, 3.63) is 35.4 Å². The lowest BCUT2D eigenvalue weighted by molar-refractivity contribution is 0.237. The highest BCUT2D eigenvalue weighted by molar-refractivity contribution is 6.40. The van der Waals surface area contributed by atoms with Crippen LogP contribution in [0.5, 0.6) is 0 Å². The summed E-state index contributed by atoms with van der Waals surface area (Å²) in [5, 5.41) is 21.1. The third kappa shape index (κ3) is 5.73. The molecule has 1 aliphatic rings. The van der Waals surface area contributed by atoms with Gasteiger partial charge in [-0.25, -0.2) is 0 Å². The molecule has 0 fully saturated rings. The van der Waals surface area contributed by atoms with Crippen LogP contribution >= 0.6 is 0 Å². The molecular formula is C17H29BN2O2. The molecule has 1 aromatic rings. The van der Waals surface area contributed by atoms with E-state index >= 15 is 0 Å². The molecule has 0 saturated carbocycles. The molecule has 0 bridgehead atoms. The van der Waals surface area contributed by atoms with Crippen LogP contribution in [0.25, 0.3) is 0 Å². The van der Waals surface area contributed by atoms with Gasteiger partial charge >= 0.3 is 7.12 Å². The predicted octanol–water partition coefficient (Wildman–Crippen LogP) is 1.67. The van der Waals surface area contributed by atoms with Crippen molar-refractivity contribution in [1.29, 1.82) is 0 Å². The molecule has 0 saturated heterocycles. The monoisotopic (exact) mass is 304 g/mol. The minimum atomic E-state index is -1.15. The van der Waals surface area contributed by atoms with Crippen LogP contribution in [0, 0.1) is 0 Å². The average Bonchev–Trinajstić information content (AvgIpc) is 2.53. The van der Waals surface area contributed by atoms with Crippen molar-refractivity contribution in [1.82, 2.24) is 10.2 Å². The van der Waals surface area contributed by atoms with Crippen molar-refractivity contribution < 1.29 is 10.0 Å². The van der Waals surface area contributed by atoms with Crippen LogP contribution in [0.1, 0.15) is 36.8 Å². The molecule has 2 rings (SSSR count). The van der Waals surface area contributed by atoms with Gasteiger partial charge in [-0.3, -0.25) is 4.90 Å². The predicted molar refractivity (Wildman–Crippen MR) is 91.7 cm³/mol. The molecule has 0 spiro atoms. The van der Waals surface area contributed by atoms with E-state index in [0.717, 1.165) is 51.7 Å². The molecule has 1 atom stereocenters. The van der Waals surface area contributed by atoms with Crippen molar-refractivity contribution in [3.8, 4) is 0 Å². The molecule has 122 valence electrons. The van der Waals surface area contributed by atoms with Crippen LogP contribution in [0.3, 0.4) is 0 Å². The fraction of sp³-hybridized carbons (Fsp3) is 0.647. The highest BCUT2D eigenvalue weighted by Crippen LogP contribution is 2.19. The van der Waals surface area contributed by atoms with E-state index in [0.29, 0.717) is 12.4 Å². The smallest absolute Gasteiger partial charge is 0.427 e. The SMILES string of the molecule is CNC(CCCCB(O)O)CCN1CCc2ccccc2C1. The second kappa shape index (κ2) is 9.31. The largest absolute Gasteiger partial charge is 0.451 e. The lowest BCUT2D eigenvalue weighted by Gasteiger charge is -2.30. The summed E-state index contributed by atoms with van der Waals surface area (Å²) in [6.07, 6.45) is 5.83. The van der Waals surface area contributed by atoms with Crippen LogP contribution in [-0.2, 0) is 13.0 Å². The second-order valence-electron chi connectivity index (χ2n) is 6.33. The molecule has 0 aromatic heterocycles. The molecule has 1 aromatic carbocycles. The van der Waals surface area contributed by atoms with Crippen molar-refractivity contribution >= 4 is 7.12 Å². The van der Waals surface area contributed by atoms with E-state index in [4.69, 9.17) is 10.0 Å². The second-order valence-corrected chi connectivity index (χ2v) is 6.33. The number of benzene rings is 1. The third-order valence-corrected chi connectivity index (χ3v) is 4.68. The van der Waals surface area contributed by atoms with Crippen molar-refractivity contribution in [2.24, 2.45) is 0 Å². The normalized spacial score (nSPS) is 16.3. The van der Waals surface area contributed by atoms with Crippen LogP contribution in [0.2, 0.25) is 6.32 Å². The summed E-state index contributed by atoms with van der Waals surface area (Å²) in [7, 11) is 0.873. The number of nitrogens with zero attached hydrogens (tertiary/aromatic N) is 1. The first-order valence-corrected chi connectivity index (χ1v) is 8.51. The van der Waals surface area contributed by atoms with Crippen LogP contribution < -0.4 is 5.32 Å². The lowest BCUT2D eigenvalue weighted by Crippen LogP contribution is -2.35. The number of nitrogens with one attached hydrogen (secondary N) is 1. The first-order chi connectivity index (χ1) is 10.7. The van der Waals surface area contributed by atoms with Crippen LogP contribution in [0.15, 0.2) is 24.3 Å². The molecule has 0 amide bonds. The molecule has 0 aliphatic carbocycles. The summed E-state index contributed by atoms with van der Waals surface area (Å²) < 4.78 is 0. The number of hydrogen-bond acceptors (Lipinski definition) is 4. The fourth-order valence-corrected chi connectivity index (χ4v) is 3.23. The minimum absolute atomic E-state index is 0.485. The van der Waals surface area contributed by atoms with Gasteiger partial charge in [0.05, 0.1) is 0 Å². The molecular weight excluding hydrogens is 275 g/mol. The Labute approximate surface area is 134 Å². The molecule has 22 heavy (non-hydrogen) atoms. The molecule has 0 radical (unpaired) electrons. The number of hydrogen-bond donors (Lipinski definition) is 3. The maximum Gasteiger partial charge on any atom is 0.451 e. The lowest BCUT2D eigenvalue weighted by atomic mass is 9.83. The zero-order chi connectivity index (χ0) is 15.8. The van der Waals surface area contributed by atoms with Gasteiger partial charge in [-0.1, -0.05) is 37.1 Å². The van der Waals surface area contributed by atoms with Gasteiger partial charge in [0, 0.05) is 19.1 Å². The Morgan fingerprint density at radius 2 is 1.95 bits per heavy atom. The average molecular weight is 304 g/mol. The van der Waals surface area contributed by atoms with Gasteiger partial charge in [-0.05, 0) is 50.3 Å². The summed E-state index contributed by atoms with van der Waals surface area (Å²) in [6.45, 7) is 3.36. The third-order valence-electron chi connectivity index (χ3n) is 4.68. The Morgan fingerprint density at radius 1 is 1.18 bits per heavy atom. The van der Waals surface area contributed by atoms with Crippen LogP contribution in [0.4, 0.5) is 0 Å². The summed E-state index contributed by atoms with van der Waals surface area (Å²) in [5.74, 6) is 0. The molecule has 1 heterocycles. The topological polar surface area (TPSA) is 55.7 Å². The highest BCUT2D eigenvalue weighted by Gasteiger charge is 2.16. The van der Waals surface area contributed by atoms with Crippen molar-refractivity contribution in [2.45, 2.75) is 51.0 Å². The number of rotatable bonds is 9. The zero-order valence-corrected chi connectivity index (χ0v) is 13.7. The fourth-order valence-electron chi connectivity index (χ4n) is 3.23. The van der Waals surface area contributed by atoms with Gasteiger partial charge < -0.3 is 15.4 Å². The summed E-state index contributed by atoms with van der Waals surface area (Å²) >= 11 is 0. The highest BCUT2D eigenvalue weighted by atomic mass is 16.4. The molecule has 3 N–H and O–H groups in total. The van der Waals surface area contributed by atoms with E-state index < -0.39 is 7.12 Å². The van der Waals surface area contributed by atoms with E-state index in [9.17, 15) is 0 Å². The maximum atomic E-state index is 8.86. The van der Waals surface area contributed by atoms with E-state index in [2.05, 4.69) is 34.5 Å². The summed E-state index contributed by atoms with van der Waals surface area (Å²) in [6, 6.07) is 9.28. The Balaban J connectivity index is 1.68. The first kappa shape index (κ1) is 17.5. The van der Waals surface area contributed by atoms with E-state index in [1.54, 1.807) is 0 Å². The number of unbranched alkanes of at least 4 members (excludes halogenated alkanes) is 1. The van der Waals surface area contributed by atoms with E-state index in [-0.39, 0.29) is 0 Å². The Morgan fingerprint density at radius 3 is 2.68 bits per heavy atom. The molecule has 1 aliphatic heterocycles. The minimum Gasteiger partial charge on any atom is -0.427 e. The Bertz CT molecular complexity index is 442. The van der Waals surface area contributed by atoms with Gasteiger partial charge in [0.2, 0.25) is 0 Å². The molecule has 1 unspecified atom stereocenters. The Kier molecular flexibility index (Phi) is 7.39. The van der Waals surface area contributed by atoms with E-state index in [1.165, 1.54) is 11.1 Å². The van der Waals surface area contributed by atoms with Gasteiger partial charge in [-0.15, -0.1) is 0 Å². The zero-order valence-electron chi connectivity index (χ0n) is 13.7. The quantitative estimate of drug-likeness (QED) is 0.480. The van der Waals surface area contributed by atoms with Crippen LogP contribution in [-0.4, -0.2) is 48.2 Å². The molecule has 5 heteroatoms. The number of fused-ring (bicyclic) bond motifs is 1.